The molecule has 0 fully saturated rings. The smallest absolute Gasteiger partial charge is 0.501 e. The molecular weight excluding hydrogens is 289 g/mol. The van der Waals surface area contributed by atoms with Gasteiger partial charge >= 0.3 is 24.0 Å². The Morgan fingerprint density at radius 3 is 2.60 bits per heavy atom. The van der Waals surface area contributed by atoms with Crippen LogP contribution in [0.5, 0.6) is 11.6 Å². The highest BCUT2D eigenvalue weighted by molar-refractivity contribution is 5.74. The third-order valence-electron chi connectivity index (χ3n) is 1.97. The number of hydrogen-bond acceptors (Lipinski definition) is 7. The molecule has 0 amide bonds. The summed E-state index contributed by atoms with van der Waals surface area (Å²) in [5.74, 6) is -4.41. The Kier molecular flexibility index (Phi) is 4.32. The van der Waals surface area contributed by atoms with Crippen molar-refractivity contribution in [1.29, 1.82) is 0 Å². The molecule has 0 saturated carbocycles. The van der Waals surface area contributed by atoms with Crippen molar-refractivity contribution in [2.24, 2.45) is 0 Å². The van der Waals surface area contributed by atoms with E-state index in [1.165, 1.54) is 0 Å². The number of halogens is 3. The topological polar surface area (TPSA) is 112 Å². The maximum absolute atomic E-state index is 12.0. The number of nitro groups is 1. The average molecular weight is 296 g/mol. The summed E-state index contributed by atoms with van der Waals surface area (Å²) in [6.45, 7) is 0. The highest BCUT2D eigenvalue weighted by Crippen LogP contribution is 2.33. The molecule has 0 atom stereocenters. The van der Waals surface area contributed by atoms with E-state index in [1.807, 2.05) is 0 Å². The van der Waals surface area contributed by atoms with Crippen LogP contribution in [0.15, 0.2) is 6.07 Å². The monoisotopic (exact) mass is 296 g/mol. The molecule has 0 aliphatic carbocycles. The highest BCUT2D eigenvalue weighted by atomic mass is 19.4. The van der Waals surface area contributed by atoms with Gasteiger partial charge in [0, 0.05) is 11.1 Å². The van der Waals surface area contributed by atoms with Crippen LogP contribution in [0.1, 0.15) is 5.56 Å². The molecular formula is C9H7F3N2O6. The minimum Gasteiger partial charge on any atom is -0.501 e. The lowest BCUT2D eigenvalue weighted by Gasteiger charge is -2.08. The van der Waals surface area contributed by atoms with Gasteiger partial charge in [0.25, 0.3) is 0 Å². The van der Waals surface area contributed by atoms with E-state index in [0.717, 1.165) is 7.11 Å². The Morgan fingerprint density at radius 1 is 1.55 bits per heavy atom. The second-order valence-electron chi connectivity index (χ2n) is 3.35. The number of aromatic hydroxyl groups is 1. The van der Waals surface area contributed by atoms with Crippen LogP contribution in [0.25, 0.3) is 0 Å². The minimum atomic E-state index is -5.18. The molecule has 1 aromatic rings. The summed E-state index contributed by atoms with van der Waals surface area (Å²) in [6.07, 6.45) is -5.82. The number of aromatic nitrogens is 1. The van der Waals surface area contributed by atoms with E-state index in [9.17, 15) is 33.2 Å². The van der Waals surface area contributed by atoms with Gasteiger partial charge in [0.05, 0.1) is 19.1 Å². The molecule has 1 aromatic heterocycles. The van der Waals surface area contributed by atoms with Crippen molar-refractivity contribution < 1.29 is 37.5 Å². The molecule has 0 radical (unpaired) electrons. The zero-order valence-corrected chi connectivity index (χ0v) is 9.80. The minimum absolute atomic E-state index is 0.408. The summed E-state index contributed by atoms with van der Waals surface area (Å²) >= 11 is 0. The highest BCUT2D eigenvalue weighted by Gasteiger charge is 2.37. The van der Waals surface area contributed by atoms with Gasteiger partial charge in [-0.1, -0.05) is 0 Å². The first kappa shape index (κ1) is 15.5. The van der Waals surface area contributed by atoms with Crippen LogP contribution in [0.2, 0.25) is 0 Å². The fourth-order valence-electron chi connectivity index (χ4n) is 1.22. The fraction of sp³-hybridized carbons (Fsp3) is 0.333. The summed E-state index contributed by atoms with van der Waals surface area (Å²) < 4.78 is 43.6. The lowest BCUT2D eigenvalue weighted by Crippen LogP contribution is -2.18. The van der Waals surface area contributed by atoms with E-state index in [1.54, 1.807) is 0 Å². The number of carbonyl (C=O) groups excluding carboxylic acids is 1. The van der Waals surface area contributed by atoms with Crippen LogP contribution in [-0.2, 0) is 16.0 Å². The van der Waals surface area contributed by atoms with E-state index in [0.29, 0.717) is 6.07 Å². The molecule has 0 aliphatic rings. The second kappa shape index (κ2) is 5.59. The summed E-state index contributed by atoms with van der Waals surface area (Å²) in [6, 6.07) is 0.586. The van der Waals surface area contributed by atoms with Gasteiger partial charge in [-0.25, -0.2) is 0 Å². The molecule has 8 nitrogen and oxygen atoms in total. The van der Waals surface area contributed by atoms with Crippen molar-refractivity contribution in [3.63, 3.8) is 0 Å². The van der Waals surface area contributed by atoms with E-state index in [4.69, 9.17) is 0 Å². The number of rotatable bonds is 4. The van der Waals surface area contributed by atoms with Crippen molar-refractivity contribution in [1.82, 2.24) is 4.98 Å². The van der Waals surface area contributed by atoms with Crippen LogP contribution < -0.4 is 4.74 Å². The number of esters is 1. The first-order valence-electron chi connectivity index (χ1n) is 4.84. The van der Waals surface area contributed by atoms with Gasteiger partial charge in [-0.3, -0.25) is 4.79 Å². The van der Waals surface area contributed by atoms with Crippen LogP contribution in [0.3, 0.4) is 0 Å². The van der Waals surface area contributed by atoms with Gasteiger partial charge in [0.2, 0.25) is 5.75 Å². The van der Waals surface area contributed by atoms with Gasteiger partial charge in [-0.15, -0.1) is 13.2 Å². The van der Waals surface area contributed by atoms with E-state index < -0.39 is 46.7 Å². The number of ether oxygens (including phenoxy) is 2. The molecule has 0 bridgehead atoms. The van der Waals surface area contributed by atoms with Crippen molar-refractivity contribution >= 4 is 11.8 Å². The van der Waals surface area contributed by atoms with E-state index in [2.05, 4.69) is 14.5 Å². The summed E-state index contributed by atoms with van der Waals surface area (Å²) in [7, 11) is 1.02. The number of nitrogens with zero attached hydrogens (tertiary/aromatic N) is 2. The Balaban J connectivity index is 3.24. The Labute approximate surface area is 108 Å². The molecule has 0 spiro atoms. The summed E-state index contributed by atoms with van der Waals surface area (Å²) in [5.41, 5.74) is -0.408. The molecule has 1 rings (SSSR count). The molecule has 0 unspecified atom stereocenters. The molecule has 110 valence electrons. The van der Waals surface area contributed by atoms with Crippen LogP contribution in [0.4, 0.5) is 19.0 Å². The van der Waals surface area contributed by atoms with Crippen molar-refractivity contribution in [3.8, 4) is 11.6 Å². The van der Waals surface area contributed by atoms with Gasteiger partial charge in [-0.2, -0.15) is 0 Å². The lowest BCUT2D eigenvalue weighted by molar-refractivity contribution is -0.390. The molecule has 1 heterocycles. The van der Waals surface area contributed by atoms with Gasteiger partial charge in [0.15, 0.2) is 0 Å². The summed E-state index contributed by atoms with van der Waals surface area (Å²) in [4.78, 5) is 23.5. The second-order valence-corrected chi connectivity index (χ2v) is 3.35. The van der Waals surface area contributed by atoms with Crippen LogP contribution >= 0.6 is 0 Å². The largest absolute Gasteiger partial charge is 0.575 e. The number of alkyl halides is 3. The van der Waals surface area contributed by atoms with E-state index >= 15 is 0 Å². The first-order chi connectivity index (χ1) is 9.14. The van der Waals surface area contributed by atoms with Crippen LogP contribution in [-0.4, -0.2) is 34.5 Å². The number of pyridine rings is 1. The Bertz CT molecular complexity index is 545. The number of hydrogen-bond donors (Lipinski definition) is 1. The van der Waals surface area contributed by atoms with Crippen molar-refractivity contribution in [2.75, 3.05) is 7.11 Å². The van der Waals surface area contributed by atoms with Gasteiger partial charge in [-0.05, 0) is 4.92 Å². The molecule has 11 heteroatoms. The normalized spacial score (nSPS) is 11.0. The molecule has 0 saturated heterocycles. The van der Waals surface area contributed by atoms with E-state index in [-0.39, 0.29) is 0 Å². The fourth-order valence-corrected chi connectivity index (χ4v) is 1.22. The standard InChI is InChI=1S/C9H7F3N2O6/c1-19-6(16)3-4-2-5(15)8(20-9(10,11)12)13-7(4)14(17)18/h2,15H,3H2,1H3. The third-order valence-corrected chi connectivity index (χ3v) is 1.97. The molecule has 20 heavy (non-hydrogen) atoms. The molecule has 1 N–H and O–H groups in total. The predicted octanol–water partition coefficient (Wildman–Crippen LogP) is 1.31. The zero-order valence-electron chi connectivity index (χ0n) is 9.80. The number of methoxy groups -OCH3 is 1. The zero-order chi connectivity index (χ0) is 15.5. The Hall–Kier alpha value is -2.59. The quantitative estimate of drug-likeness (QED) is 0.506. The Morgan fingerprint density at radius 2 is 2.15 bits per heavy atom. The molecule has 0 aromatic carbocycles. The molecule has 0 aliphatic heterocycles. The summed E-state index contributed by atoms with van der Waals surface area (Å²) in [5, 5.41) is 20.0. The SMILES string of the molecule is COC(=O)Cc1cc(O)c(OC(F)(F)F)nc1[N+](=O)[O-]. The van der Waals surface area contributed by atoms with Crippen LogP contribution in [0, 0.1) is 10.1 Å². The average Bonchev–Trinajstić information content (AvgIpc) is 2.30. The number of carbonyl (C=O) groups is 1. The van der Waals surface area contributed by atoms with Gasteiger partial charge in [0.1, 0.15) is 0 Å². The maximum atomic E-state index is 12.0. The third kappa shape index (κ3) is 3.96. The maximum Gasteiger partial charge on any atom is 0.575 e. The lowest BCUT2D eigenvalue weighted by atomic mass is 10.2. The van der Waals surface area contributed by atoms with Crippen molar-refractivity contribution in [2.45, 2.75) is 12.8 Å². The van der Waals surface area contributed by atoms with Gasteiger partial charge < -0.3 is 24.7 Å². The first-order valence-corrected chi connectivity index (χ1v) is 4.84. The predicted molar refractivity (Wildman–Crippen MR) is 55.0 cm³/mol. The van der Waals surface area contributed by atoms with Crippen molar-refractivity contribution in [3.05, 3.63) is 21.7 Å².